The number of aromatic amines is 1. The van der Waals surface area contributed by atoms with Crippen molar-refractivity contribution in [3.63, 3.8) is 0 Å². The fourth-order valence-electron chi connectivity index (χ4n) is 5.40. The van der Waals surface area contributed by atoms with Gasteiger partial charge in [-0.15, -0.1) is 0 Å². The molecule has 192 valence electrons. The predicted molar refractivity (Wildman–Crippen MR) is 141 cm³/mol. The molecule has 0 aliphatic carbocycles. The number of hydrogen-bond donors (Lipinski definition) is 4. The van der Waals surface area contributed by atoms with Gasteiger partial charge in [0, 0.05) is 29.1 Å². The molecule has 1 amide bonds. The van der Waals surface area contributed by atoms with E-state index in [0.29, 0.717) is 28.4 Å². The van der Waals surface area contributed by atoms with E-state index in [1.807, 2.05) is 12.1 Å². The number of sulfone groups is 1. The van der Waals surface area contributed by atoms with Gasteiger partial charge in [0.05, 0.1) is 15.4 Å². The Morgan fingerprint density at radius 3 is 2.51 bits per heavy atom. The van der Waals surface area contributed by atoms with Gasteiger partial charge < -0.3 is 20.7 Å². The van der Waals surface area contributed by atoms with Crippen LogP contribution in [-0.4, -0.2) is 43.5 Å². The lowest BCUT2D eigenvalue weighted by molar-refractivity contribution is -0.137. The van der Waals surface area contributed by atoms with E-state index in [2.05, 4.69) is 21.7 Å². The van der Waals surface area contributed by atoms with Crippen LogP contribution in [0.5, 0.6) is 0 Å². The zero-order valence-electron chi connectivity index (χ0n) is 20.5. The van der Waals surface area contributed by atoms with E-state index >= 15 is 0 Å². The van der Waals surface area contributed by atoms with Gasteiger partial charge in [0.2, 0.25) is 9.84 Å². The lowest BCUT2D eigenvalue weighted by Crippen LogP contribution is -2.27. The monoisotopic (exact) mass is 519 g/mol. The number of anilines is 1. The molecule has 0 radical (unpaired) electrons. The molecular weight excluding hydrogens is 490 g/mol. The van der Waals surface area contributed by atoms with Gasteiger partial charge in [-0.3, -0.25) is 9.59 Å². The number of H-pyrrole nitrogens is 1. The van der Waals surface area contributed by atoms with Gasteiger partial charge in [-0.2, -0.15) is 0 Å². The van der Waals surface area contributed by atoms with Crippen LogP contribution in [0.25, 0.3) is 11.6 Å². The number of carbonyl (C=O) groups excluding carboxylic acids is 1. The summed E-state index contributed by atoms with van der Waals surface area (Å²) in [7, 11) is -3.92. The van der Waals surface area contributed by atoms with Crippen molar-refractivity contribution in [2.45, 2.75) is 48.3 Å². The van der Waals surface area contributed by atoms with Crippen molar-refractivity contribution in [1.82, 2.24) is 10.3 Å². The lowest BCUT2D eigenvalue weighted by Gasteiger charge is -2.25. The molecule has 5 rings (SSSR count). The molecule has 9 heteroatoms. The van der Waals surface area contributed by atoms with E-state index < -0.39 is 15.8 Å². The van der Waals surface area contributed by atoms with Crippen molar-refractivity contribution in [2.75, 3.05) is 18.4 Å². The van der Waals surface area contributed by atoms with Crippen LogP contribution in [0.4, 0.5) is 5.69 Å². The highest BCUT2D eigenvalue weighted by atomic mass is 32.2. The molecule has 3 aromatic rings. The number of aryl methyl sites for hydroxylation is 1. The third-order valence-electron chi connectivity index (χ3n) is 7.10. The van der Waals surface area contributed by atoms with Crippen molar-refractivity contribution < 1.29 is 23.1 Å². The van der Waals surface area contributed by atoms with Gasteiger partial charge in [0.1, 0.15) is 0 Å². The van der Waals surface area contributed by atoms with Crippen LogP contribution < -0.4 is 10.6 Å². The summed E-state index contributed by atoms with van der Waals surface area (Å²) in [5.41, 5.74) is 4.33. The summed E-state index contributed by atoms with van der Waals surface area (Å²) in [4.78, 5) is 27.9. The van der Waals surface area contributed by atoms with Crippen LogP contribution in [0.1, 0.15) is 53.3 Å². The number of hydrogen-bond acceptors (Lipinski definition) is 5. The molecule has 0 unspecified atom stereocenters. The minimum atomic E-state index is -3.92. The Labute approximate surface area is 215 Å². The summed E-state index contributed by atoms with van der Waals surface area (Å²) in [6.07, 6.45) is 3.37. The van der Waals surface area contributed by atoms with E-state index in [1.54, 1.807) is 31.2 Å². The number of amides is 1. The Balaban J connectivity index is 1.66. The molecule has 3 heterocycles. The summed E-state index contributed by atoms with van der Waals surface area (Å²) < 4.78 is 27.2. The molecule has 2 aliphatic rings. The first-order valence-corrected chi connectivity index (χ1v) is 13.9. The zero-order valence-corrected chi connectivity index (χ0v) is 21.3. The van der Waals surface area contributed by atoms with Crippen molar-refractivity contribution in [3.8, 4) is 0 Å². The normalized spacial score (nSPS) is 17.1. The highest BCUT2D eigenvalue weighted by molar-refractivity contribution is 7.91. The Morgan fingerprint density at radius 1 is 1.08 bits per heavy atom. The van der Waals surface area contributed by atoms with Crippen LogP contribution in [0, 0.1) is 6.92 Å². The summed E-state index contributed by atoms with van der Waals surface area (Å²) in [6.45, 7) is 3.47. The Bertz CT molecular complexity index is 1500. The molecular formula is C28H29N3O5S. The summed E-state index contributed by atoms with van der Waals surface area (Å²) in [6, 6.07) is 13.9. The van der Waals surface area contributed by atoms with Crippen molar-refractivity contribution >= 4 is 39.1 Å². The van der Waals surface area contributed by atoms with Crippen molar-refractivity contribution in [1.29, 1.82) is 0 Å². The molecule has 1 saturated heterocycles. The number of aromatic nitrogens is 1. The number of rotatable bonds is 7. The topological polar surface area (TPSA) is 128 Å². The van der Waals surface area contributed by atoms with Gasteiger partial charge in [0.15, 0.2) is 0 Å². The fourth-order valence-corrected chi connectivity index (χ4v) is 7.14. The predicted octanol–water partition coefficient (Wildman–Crippen LogP) is 4.13. The molecule has 2 aromatic carbocycles. The SMILES string of the molecule is Cc1[nH]c(/C=C2\C(=O)Nc3cccc(C4CCNCC4)c32)c(CCC(=O)O)c1S(=O)(=O)c1ccccc1. The third kappa shape index (κ3) is 4.72. The highest BCUT2D eigenvalue weighted by Gasteiger charge is 2.32. The van der Waals surface area contributed by atoms with E-state index in [4.69, 9.17) is 0 Å². The zero-order chi connectivity index (χ0) is 26.2. The van der Waals surface area contributed by atoms with Crippen molar-refractivity contribution in [2.24, 2.45) is 0 Å². The first-order valence-electron chi connectivity index (χ1n) is 12.4. The maximum absolute atomic E-state index is 13.6. The van der Waals surface area contributed by atoms with E-state index in [0.717, 1.165) is 42.7 Å². The quantitative estimate of drug-likeness (QED) is 0.348. The molecule has 2 aliphatic heterocycles. The number of fused-ring (bicyclic) bond motifs is 1. The van der Waals surface area contributed by atoms with E-state index in [9.17, 15) is 23.1 Å². The lowest BCUT2D eigenvalue weighted by atomic mass is 9.85. The van der Waals surface area contributed by atoms with Crippen LogP contribution >= 0.6 is 0 Å². The molecule has 37 heavy (non-hydrogen) atoms. The Morgan fingerprint density at radius 2 is 1.81 bits per heavy atom. The van der Waals surface area contributed by atoms with E-state index in [1.165, 1.54) is 12.1 Å². The molecule has 0 bridgehead atoms. The van der Waals surface area contributed by atoms with Gasteiger partial charge in [-0.25, -0.2) is 8.42 Å². The number of carboxylic acid groups (broad SMARTS) is 1. The summed E-state index contributed by atoms with van der Waals surface area (Å²) >= 11 is 0. The standard InChI is InChI=1S/C28H29N3O5S/c1-17-27(37(35,36)19-6-3-2-4-7-19)21(10-11-25(32)33)24(30-17)16-22-26-20(18-12-14-29-15-13-18)8-5-9-23(26)31-28(22)34/h2-9,16,18,29-30H,10-15H2,1H3,(H,31,34)(H,32,33)/b22-16-. The first-order chi connectivity index (χ1) is 17.8. The van der Waals surface area contributed by atoms with Gasteiger partial charge in [-0.1, -0.05) is 30.3 Å². The molecule has 1 fully saturated rings. The van der Waals surface area contributed by atoms with E-state index in [-0.39, 0.29) is 28.5 Å². The average molecular weight is 520 g/mol. The van der Waals surface area contributed by atoms with Crippen LogP contribution in [0.2, 0.25) is 0 Å². The smallest absolute Gasteiger partial charge is 0.303 e. The Hall–Kier alpha value is -3.69. The van der Waals surface area contributed by atoms with Gasteiger partial charge in [0.25, 0.3) is 5.91 Å². The number of piperidine rings is 1. The average Bonchev–Trinajstić information content (AvgIpc) is 3.39. The van der Waals surface area contributed by atoms with Gasteiger partial charge in [-0.05, 0) is 80.6 Å². The number of aliphatic carboxylic acids is 1. The second-order valence-electron chi connectivity index (χ2n) is 9.49. The summed E-state index contributed by atoms with van der Waals surface area (Å²) in [5.74, 6) is -0.990. The minimum absolute atomic E-state index is 0.00456. The number of nitrogens with one attached hydrogen (secondary N) is 3. The van der Waals surface area contributed by atoms with Crippen LogP contribution in [0.15, 0.2) is 58.3 Å². The number of carbonyl (C=O) groups is 2. The van der Waals surface area contributed by atoms with Crippen LogP contribution in [-0.2, 0) is 25.8 Å². The molecule has 1 aromatic heterocycles. The maximum Gasteiger partial charge on any atom is 0.303 e. The first kappa shape index (κ1) is 25.0. The molecule has 0 spiro atoms. The molecule has 8 nitrogen and oxygen atoms in total. The molecule has 4 N–H and O–H groups in total. The largest absolute Gasteiger partial charge is 0.481 e. The maximum atomic E-state index is 13.6. The molecule has 0 atom stereocenters. The van der Waals surface area contributed by atoms with Crippen molar-refractivity contribution in [3.05, 3.63) is 76.6 Å². The second-order valence-corrected chi connectivity index (χ2v) is 11.4. The van der Waals surface area contributed by atoms with Crippen LogP contribution in [0.3, 0.4) is 0 Å². The fraction of sp³-hybridized carbons (Fsp3) is 0.286. The number of benzene rings is 2. The Kier molecular flexibility index (Phi) is 6.74. The third-order valence-corrected chi connectivity index (χ3v) is 9.08. The number of carboxylic acids is 1. The second kappa shape index (κ2) is 9.99. The molecule has 0 saturated carbocycles. The van der Waals surface area contributed by atoms with Gasteiger partial charge >= 0.3 is 5.97 Å². The summed E-state index contributed by atoms with van der Waals surface area (Å²) in [5, 5.41) is 15.7. The highest BCUT2D eigenvalue weighted by Crippen LogP contribution is 2.42. The minimum Gasteiger partial charge on any atom is -0.481 e.